The summed E-state index contributed by atoms with van der Waals surface area (Å²) in [7, 11) is 0. The van der Waals surface area contributed by atoms with E-state index < -0.39 is 0 Å². The van der Waals surface area contributed by atoms with Gasteiger partial charge in [-0.15, -0.1) is 0 Å². The maximum absolute atomic E-state index is 12.3. The minimum Gasteiger partial charge on any atom is -0.411 e. The number of likely N-dealkylation sites (tertiary alicyclic amines) is 1. The second-order valence-electron chi connectivity index (χ2n) is 5.91. The van der Waals surface area contributed by atoms with Gasteiger partial charge in [0.25, 0.3) is 0 Å². The number of carbonyl (C=O) groups excluding carboxylic acids is 1. The summed E-state index contributed by atoms with van der Waals surface area (Å²) < 4.78 is 5.53. The van der Waals surface area contributed by atoms with Gasteiger partial charge < -0.3 is 14.8 Å². The van der Waals surface area contributed by atoms with Gasteiger partial charge >= 0.3 is 0 Å². The molecule has 1 N–H and O–H groups in total. The van der Waals surface area contributed by atoms with Crippen LogP contribution >= 0.6 is 0 Å². The van der Waals surface area contributed by atoms with Crippen molar-refractivity contribution in [1.82, 2.24) is 4.90 Å². The Morgan fingerprint density at radius 3 is 2.80 bits per heavy atom. The number of hydrogen-bond acceptors (Lipinski definition) is 4. The lowest BCUT2D eigenvalue weighted by atomic mass is 9.79. The van der Waals surface area contributed by atoms with Crippen LogP contribution in [0.3, 0.4) is 0 Å². The molecule has 1 heterocycles. The first-order valence-corrected chi connectivity index (χ1v) is 7.78. The molecule has 0 aromatic carbocycles. The number of amides is 1. The average molecular weight is 282 g/mol. The fraction of sp³-hybridized carbons (Fsp3) is 0.867. The van der Waals surface area contributed by atoms with Crippen molar-refractivity contribution in [3.05, 3.63) is 0 Å². The van der Waals surface area contributed by atoms with Gasteiger partial charge in [-0.1, -0.05) is 12.1 Å². The highest BCUT2D eigenvalue weighted by Gasteiger charge is 2.34. The van der Waals surface area contributed by atoms with Gasteiger partial charge in [-0.25, -0.2) is 0 Å². The molecule has 1 saturated carbocycles. The fourth-order valence-electron chi connectivity index (χ4n) is 3.23. The first-order valence-electron chi connectivity index (χ1n) is 7.78. The minimum absolute atomic E-state index is 0.218. The molecule has 20 heavy (non-hydrogen) atoms. The van der Waals surface area contributed by atoms with Crippen LogP contribution < -0.4 is 0 Å². The van der Waals surface area contributed by atoms with Gasteiger partial charge in [-0.05, 0) is 32.1 Å². The molecule has 1 aliphatic heterocycles. The zero-order valence-corrected chi connectivity index (χ0v) is 12.5. The third-order valence-electron chi connectivity index (χ3n) is 4.58. The van der Waals surface area contributed by atoms with Crippen LogP contribution in [0.1, 0.15) is 46.0 Å². The Kier molecular flexibility index (Phi) is 5.40. The number of oxime groups is 1. The van der Waals surface area contributed by atoms with Crippen molar-refractivity contribution in [2.75, 3.05) is 19.7 Å². The number of rotatable bonds is 5. The highest BCUT2D eigenvalue weighted by molar-refractivity contribution is 5.89. The van der Waals surface area contributed by atoms with Crippen LogP contribution in [0.4, 0.5) is 0 Å². The summed E-state index contributed by atoms with van der Waals surface area (Å²) in [5.41, 5.74) is 0.844. The minimum atomic E-state index is 0.218. The SMILES string of the molecule is CCOC1CC(CC(=O)N2CCC(=NO)C(CC)C2)C1. The lowest BCUT2D eigenvalue weighted by molar-refractivity contribution is -0.135. The molecule has 1 saturated heterocycles. The van der Waals surface area contributed by atoms with Gasteiger partial charge in [0.05, 0.1) is 11.8 Å². The zero-order chi connectivity index (χ0) is 14.5. The number of piperidine rings is 1. The summed E-state index contributed by atoms with van der Waals surface area (Å²) >= 11 is 0. The van der Waals surface area contributed by atoms with Crippen molar-refractivity contribution in [2.45, 2.75) is 52.1 Å². The molecular weight excluding hydrogens is 256 g/mol. The van der Waals surface area contributed by atoms with Gasteiger partial charge in [0.15, 0.2) is 0 Å². The summed E-state index contributed by atoms with van der Waals surface area (Å²) in [5.74, 6) is 0.961. The number of carbonyl (C=O) groups is 1. The van der Waals surface area contributed by atoms with E-state index >= 15 is 0 Å². The van der Waals surface area contributed by atoms with Crippen molar-refractivity contribution in [1.29, 1.82) is 0 Å². The Balaban J connectivity index is 1.76. The standard InChI is InChI=1S/C15H26N2O3/c1-3-12-10-17(6-5-14(12)16-19)15(18)9-11-7-13(8-11)20-4-2/h11-13,19H,3-10H2,1-2H3. The first-order chi connectivity index (χ1) is 9.67. The topological polar surface area (TPSA) is 62.1 Å². The van der Waals surface area contributed by atoms with Crippen LogP contribution in [-0.2, 0) is 9.53 Å². The van der Waals surface area contributed by atoms with E-state index in [4.69, 9.17) is 9.94 Å². The van der Waals surface area contributed by atoms with E-state index in [0.29, 0.717) is 38.0 Å². The predicted octanol–water partition coefficient (Wildman–Crippen LogP) is 2.28. The van der Waals surface area contributed by atoms with E-state index in [1.165, 1.54) is 0 Å². The number of ether oxygens (including phenoxy) is 1. The molecule has 5 nitrogen and oxygen atoms in total. The second-order valence-corrected chi connectivity index (χ2v) is 5.91. The summed E-state index contributed by atoms with van der Waals surface area (Å²) in [4.78, 5) is 14.2. The van der Waals surface area contributed by atoms with E-state index in [1.807, 2.05) is 11.8 Å². The first kappa shape index (κ1) is 15.3. The van der Waals surface area contributed by atoms with Crippen LogP contribution in [0.2, 0.25) is 0 Å². The molecule has 1 aliphatic carbocycles. The van der Waals surface area contributed by atoms with Crippen LogP contribution in [0.15, 0.2) is 5.16 Å². The Hall–Kier alpha value is -1.10. The molecule has 0 radical (unpaired) electrons. The van der Waals surface area contributed by atoms with Crippen molar-refractivity contribution in [2.24, 2.45) is 17.0 Å². The third-order valence-corrected chi connectivity index (χ3v) is 4.58. The fourth-order valence-corrected chi connectivity index (χ4v) is 3.23. The van der Waals surface area contributed by atoms with Gasteiger partial charge in [0.2, 0.25) is 5.91 Å². The van der Waals surface area contributed by atoms with Gasteiger partial charge in [-0.2, -0.15) is 0 Å². The largest absolute Gasteiger partial charge is 0.411 e. The third kappa shape index (κ3) is 3.51. The summed E-state index contributed by atoms with van der Waals surface area (Å²) in [6.07, 6.45) is 4.68. The molecule has 1 unspecified atom stereocenters. The molecule has 1 atom stereocenters. The van der Waals surface area contributed by atoms with Crippen molar-refractivity contribution < 1.29 is 14.7 Å². The lowest BCUT2D eigenvalue weighted by Crippen LogP contribution is -2.45. The second kappa shape index (κ2) is 7.07. The maximum atomic E-state index is 12.3. The average Bonchev–Trinajstić information content (AvgIpc) is 2.44. The maximum Gasteiger partial charge on any atom is 0.222 e. The highest BCUT2D eigenvalue weighted by Crippen LogP contribution is 2.33. The number of hydrogen-bond donors (Lipinski definition) is 1. The summed E-state index contributed by atoms with van der Waals surface area (Å²) in [5, 5.41) is 12.3. The summed E-state index contributed by atoms with van der Waals surface area (Å²) in [6, 6.07) is 0. The Bertz CT molecular complexity index is 364. The number of nitrogens with zero attached hydrogens (tertiary/aromatic N) is 2. The van der Waals surface area contributed by atoms with Gasteiger partial charge in [-0.3, -0.25) is 4.79 Å². The smallest absolute Gasteiger partial charge is 0.222 e. The van der Waals surface area contributed by atoms with Gasteiger partial charge in [0, 0.05) is 38.5 Å². The Labute approximate surface area is 121 Å². The lowest BCUT2D eigenvalue weighted by Gasteiger charge is -2.37. The molecule has 2 rings (SSSR count). The highest BCUT2D eigenvalue weighted by atomic mass is 16.5. The van der Waals surface area contributed by atoms with Gasteiger partial charge in [0.1, 0.15) is 0 Å². The Morgan fingerprint density at radius 1 is 1.45 bits per heavy atom. The predicted molar refractivity (Wildman–Crippen MR) is 77.0 cm³/mol. The van der Waals surface area contributed by atoms with Crippen molar-refractivity contribution >= 4 is 11.6 Å². The van der Waals surface area contributed by atoms with E-state index in [2.05, 4.69) is 12.1 Å². The van der Waals surface area contributed by atoms with Crippen LogP contribution in [0, 0.1) is 11.8 Å². The molecule has 5 heteroatoms. The zero-order valence-electron chi connectivity index (χ0n) is 12.5. The summed E-state index contributed by atoms with van der Waals surface area (Å²) in [6.45, 7) is 6.24. The van der Waals surface area contributed by atoms with Crippen LogP contribution in [0.5, 0.6) is 0 Å². The van der Waals surface area contributed by atoms with E-state index in [9.17, 15) is 4.79 Å². The Morgan fingerprint density at radius 2 is 2.20 bits per heavy atom. The molecule has 0 aromatic heterocycles. The van der Waals surface area contributed by atoms with E-state index in [-0.39, 0.29) is 11.8 Å². The molecular formula is C15H26N2O3. The van der Waals surface area contributed by atoms with Crippen molar-refractivity contribution in [3.63, 3.8) is 0 Å². The van der Waals surface area contributed by atoms with E-state index in [0.717, 1.165) is 31.6 Å². The van der Waals surface area contributed by atoms with E-state index in [1.54, 1.807) is 0 Å². The molecule has 2 aliphatic rings. The molecule has 1 amide bonds. The molecule has 0 spiro atoms. The van der Waals surface area contributed by atoms with Crippen molar-refractivity contribution in [3.8, 4) is 0 Å². The molecule has 0 bridgehead atoms. The van der Waals surface area contributed by atoms with Crippen LogP contribution in [0.25, 0.3) is 0 Å². The molecule has 2 fully saturated rings. The molecule has 114 valence electrons. The quantitative estimate of drug-likeness (QED) is 0.621. The normalized spacial score (nSPS) is 32.2. The molecule has 0 aromatic rings. The monoisotopic (exact) mass is 282 g/mol. The van der Waals surface area contributed by atoms with Crippen LogP contribution in [-0.4, -0.2) is 47.5 Å².